The number of carbonyl (C=O) groups is 2. The predicted octanol–water partition coefficient (Wildman–Crippen LogP) is 8.31. The number of Topliss-reactive ketones (excluding diaryl/α,β-unsaturated/α-hetero) is 1. The number of unbranched alkanes of at least 4 members (excludes halogenated alkanes) is 14. The van der Waals surface area contributed by atoms with Crippen LogP contribution in [0.15, 0.2) is 24.4 Å². The molecule has 2 aromatic rings. The van der Waals surface area contributed by atoms with Gasteiger partial charge in [-0.1, -0.05) is 103 Å². The van der Waals surface area contributed by atoms with Crippen molar-refractivity contribution in [3.63, 3.8) is 0 Å². The Hall–Kier alpha value is -2.10. The molecule has 0 saturated heterocycles. The van der Waals surface area contributed by atoms with Crippen molar-refractivity contribution in [2.24, 2.45) is 0 Å². The molecule has 2 rings (SSSR count). The maximum Gasteiger partial charge on any atom is 0.335 e. The lowest BCUT2D eigenvalue weighted by molar-refractivity contribution is 0.0696. The van der Waals surface area contributed by atoms with Crippen molar-refractivity contribution < 1.29 is 14.7 Å². The van der Waals surface area contributed by atoms with Crippen LogP contribution >= 0.6 is 0 Å². The molecule has 1 heterocycles. The minimum Gasteiger partial charge on any atom is -0.478 e. The summed E-state index contributed by atoms with van der Waals surface area (Å²) in [7, 11) is 0. The fourth-order valence-corrected chi connectivity index (χ4v) is 4.28. The van der Waals surface area contributed by atoms with E-state index in [0.29, 0.717) is 17.5 Å². The molecule has 0 unspecified atom stereocenters. The monoisotopic (exact) mass is 427 g/mol. The van der Waals surface area contributed by atoms with Crippen LogP contribution in [0.4, 0.5) is 0 Å². The van der Waals surface area contributed by atoms with Crippen LogP contribution in [0.1, 0.15) is 130 Å². The van der Waals surface area contributed by atoms with Gasteiger partial charge in [0, 0.05) is 29.1 Å². The summed E-state index contributed by atoms with van der Waals surface area (Å²) in [5, 5.41) is 9.90. The summed E-state index contributed by atoms with van der Waals surface area (Å²) < 4.78 is 0. The van der Waals surface area contributed by atoms with Gasteiger partial charge in [0.15, 0.2) is 5.78 Å². The molecule has 0 bridgehead atoms. The zero-order valence-electron chi connectivity index (χ0n) is 19.4. The lowest BCUT2D eigenvalue weighted by Gasteiger charge is -2.04. The molecule has 31 heavy (non-hydrogen) atoms. The molecule has 0 radical (unpaired) electrons. The van der Waals surface area contributed by atoms with Gasteiger partial charge in [-0.3, -0.25) is 4.79 Å². The van der Waals surface area contributed by atoms with Crippen molar-refractivity contribution in [3.8, 4) is 0 Å². The first kappa shape index (κ1) is 25.2. The van der Waals surface area contributed by atoms with Gasteiger partial charge in [0.05, 0.1) is 5.56 Å². The van der Waals surface area contributed by atoms with E-state index in [2.05, 4.69) is 11.9 Å². The highest BCUT2D eigenvalue weighted by molar-refractivity contribution is 6.08. The first-order valence-electron chi connectivity index (χ1n) is 12.5. The summed E-state index contributed by atoms with van der Waals surface area (Å²) in [6.45, 7) is 2.27. The number of hydrogen-bond donors (Lipinski definition) is 2. The standard InChI is InChI=1S/C27H41NO3/c1-2-3-4-5-6-7-8-9-10-11-12-13-14-15-16-17-26(29)24-21-28-25-20-22(27(30)31)18-19-23(24)25/h18-21,28H,2-17H2,1H3,(H,30,31). The van der Waals surface area contributed by atoms with Gasteiger partial charge in [0.2, 0.25) is 0 Å². The second-order valence-electron chi connectivity index (χ2n) is 8.89. The number of aromatic amines is 1. The zero-order valence-corrected chi connectivity index (χ0v) is 19.4. The summed E-state index contributed by atoms with van der Waals surface area (Å²) in [4.78, 5) is 26.6. The van der Waals surface area contributed by atoms with Crippen LogP contribution in [-0.2, 0) is 0 Å². The van der Waals surface area contributed by atoms with Crippen molar-refractivity contribution in [1.82, 2.24) is 4.98 Å². The topological polar surface area (TPSA) is 70.2 Å². The molecule has 0 aliphatic carbocycles. The predicted molar refractivity (Wildman–Crippen MR) is 129 cm³/mol. The van der Waals surface area contributed by atoms with E-state index in [-0.39, 0.29) is 11.3 Å². The largest absolute Gasteiger partial charge is 0.478 e. The minimum absolute atomic E-state index is 0.143. The van der Waals surface area contributed by atoms with E-state index in [1.807, 2.05) is 0 Å². The minimum atomic E-state index is -0.956. The van der Waals surface area contributed by atoms with Crippen LogP contribution in [0.5, 0.6) is 0 Å². The van der Waals surface area contributed by atoms with E-state index in [1.54, 1.807) is 24.4 Å². The molecule has 2 N–H and O–H groups in total. The number of ketones is 1. The summed E-state index contributed by atoms with van der Waals surface area (Å²) >= 11 is 0. The third-order valence-electron chi connectivity index (χ3n) is 6.24. The number of nitrogens with one attached hydrogen (secondary N) is 1. The number of aromatic carboxylic acids is 1. The summed E-state index contributed by atoms with van der Waals surface area (Å²) in [5.41, 5.74) is 1.62. The van der Waals surface area contributed by atoms with Crippen LogP contribution in [0.3, 0.4) is 0 Å². The van der Waals surface area contributed by atoms with Gasteiger partial charge in [-0.2, -0.15) is 0 Å². The maximum absolute atomic E-state index is 12.5. The Bertz CT molecular complexity index is 793. The molecule has 0 aliphatic heterocycles. The highest BCUT2D eigenvalue weighted by Crippen LogP contribution is 2.22. The number of H-pyrrole nitrogens is 1. The number of carboxylic acids is 1. The van der Waals surface area contributed by atoms with E-state index in [9.17, 15) is 9.59 Å². The lowest BCUT2D eigenvalue weighted by Crippen LogP contribution is -1.98. The summed E-state index contributed by atoms with van der Waals surface area (Å²) in [6, 6.07) is 4.87. The molecule has 0 spiro atoms. The van der Waals surface area contributed by atoms with Crippen molar-refractivity contribution in [2.45, 2.75) is 110 Å². The maximum atomic E-state index is 12.5. The highest BCUT2D eigenvalue weighted by atomic mass is 16.4. The van der Waals surface area contributed by atoms with Crippen LogP contribution in [-0.4, -0.2) is 21.8 Å². The van der Waals surface area contributed by atoms with Gasteiger partial charge in [-0.15, -0.1) is 0 Å². The Balaban J connectivity index is 1.48. The summed E-state index contributed by atoms with van der Waals surface area (Å²) in [5.74, 6) is -0.814. The molecule has 0 aliphatic rings. The van der Waals surface area contributed by atoms with Crippen LogP contribution in [0.25, 0.3) is 10.9 Å². The van der Waals surface area contributed by atoms with E-state index < -0.39 is 5.97 Å². The van der Waals surface area contributed by atoms with Gasteiger partial charge >= 0.3 is 5.97 Å². The fourth-order valence-electron chi connectivity index (χ4n) is 4.28. The van der Waals surface area contributed by atoms with E-state index in [1.165, 1.54) is 83.5 Å². The average Bonchev–Trinajstić information content (AvgIpc) is 3.19. The first-order chi connectivity index (χ1) is 15.1. The second kappa shape index (κ2) is 14.8. The Labute approximate surface area is 187 Å². The number of carbonyl (C=O) groups excluding carboxylic acids is 1. The fraction of sp³-hybridized carbons (Fsp3) is 0.630. The van der Waals surface area contributed by atoms with Crippen molar-refractivity contribution in [2.75, 3.05) is 0 Å². The van der Waals surface area contributed by atoms with E-state index >= 15 is 0 Å². The molecule has 1 aromatic carbocycles. The Morgan fingerprint density at radius 3 is 1.81 bits per heavy atom. The lowest BCUT2D eigenvalue weighted by atomic mass is 10.0. The van der Waals surface area contributed by atoms with E-state index in [4.69, 9.17) is 5.11 Å². The molecule has 0 fully saturated rings. The molecule has 1 aromatic heterocycles. The number of carboxylic acid groups (broad SMARTS) is 1. The van der Waals surface area contributed by atoms with Gasteiger partial charge in [0.1, 0.15) is 0 Å². The Morgan fingerprint density at radius 1 is 0.774 bits per heavy atom. The van der Waals surface area contributed by atoms with Crippen molar-refractivity contribution in [3.05, 3.63) is 35.5 Å². The molecule has 172 valence electrons. The number of hydrogen-bond acceptors (Lipinski definition) is 2. The molecular weight excluding hydrogens is 386 g/mol. The van der Waals surface area contributed by atoms with Crippen LogP contribution in [0.2, 0.25) is 0 Å². The number of benzene rings is 1. The Kier molecular flexibility index (Phi) is 12.0. The average molecular weight is 428 g/mol. The molecule has 0 amide bonds. The highest BCUT2D eigenvalue weighted by Gasteiger charge is 2.13. The molecular formula is C27H41NO3. The quantitative estimate of drug-likeness (QED) is 0.186. The van der Waals surface area contributed by atoms with Crippen LogP contribution < -0.4 is 0 Å². The van der Waals surface area contributed by atoms with Gasteiger partial charge in [-0.25, -0.2) is 4.79 Å². The SMILES string of the molecule is CCCCCCCCCCCCCCCCCC(=O)c1c[nH]c2cc(C(=O)O)ccc12. The third-order valence-corrected chi connectivity index (χ3v) is 6.24. The molecule has 4 heteroatoms. The van der Waals surface area contributed by atoms with Crippen molar-refractivity contribution in [1.29, 1.82) is 0 Å². The Morgan fingerprint density at radius 2 is 1.29 bits per heavy atom. The van der Waals surface area contributed by atoms with Gasteiger partial charge in [-0.05, 0) is 18.6 Å². The van der Waals surface area contributed by atoms with Crippen LogP contribution in [0, 0.1) is 0 Å². The molecule has 4 nitrogen and oxygen atoms in total. The smallest absolute Gasteiger partial charge is 0.335 e. The first-order valence-corrected chi connectivity index (χ1v) is 12.5. The van der Waals surface area contributed by atoms with Gasteiger partial charge < -0.3 is 10.1 Å². The molecule has 0 saturated carbocycles. The number of rotatable bonds is 18. The molecule has 0 atom stereocenters. The number of fused-ring (bicyclic) bond motifs is 1. The number of aromatic nitrogens is 1. The van der Waals surface area contributed by atoms with Crippen molar-refractivity contribution >= 4 is 22.7 Å². The van der Waals surface area contributed by atoms with Gasteiger partial charge in [0.25, 0.3) is 0 Å². The van der Waals surface area contributed by atoms with E-state index in [0.717, 1.165) is 18.2 Å². The normalized spacial score (nSPS) is 11.3. The third kappa shape index (κ3) is 9.28. The summed E-state index contributed by atoms with van der Waals surface area (Å²) in [6.07, 6.45) is 22.0. The second-order valence-corrected chi connectivity index (χ2v) is 8.89. The zero-order chi connectivity index (χ0) is 22.3.